The maximum Gasteiger partial charge on any atom is 0.417 e. The molecule has 3 aromatic rings. The smallest absolute Gasteiger partial charge is 0.326 e. The number of anilines is 1. The van der Waals surface area contributed by atoms with Crippen molar-refractivity contribution in [2.24, 2.45) is 0 Å². The number of hydrogen-bond acceptors (Lipinski definition) is 2. The van der Waals surface area contributed by atoms with Gasteiger partial charge in [0.25, 0.3) is 0 Å². The first-order valence-electron chi connectivity index (χ1n) is 7.89. The first-order chi connectivity index (χ1) is 12.3. The molecule has 0 aliphatic heterocycles. The van der Waals surface area contributed by atoms with Gasteiger partial charge in [0.1, 0.15) is 0 Å². The Morgan fingerprint density at radius 1 is 1.23 bits per heavy atom. The Morgan fingerprint density at radius 2 is 1.92 bits per heavy atom. The number of carbonyl (C=O) groups excluding carboxylic acids is 1. The largest absolute Gasteiger partial charge is 0.417 e. The van der Waals surface area contributed by atoms with Crippen molar-refractivity contribution in [2.45, 2.75) is 25.9 Å². The molecule has 2 heterocycles. The van der Waals surface area contributed by atoms with Gasteiger partial charge in [-0.1, -0.05) is 30.7 Å². The van der Waals surface area contributed by atoms with E-state index in [9.17, 15) is 18.0 Å². The van der Waals surface area contributed by atoms with E-state index in [1.54, 1.807) is 12.1 Å². The van der Waals surface area contributed by atoms with E-state index in [-0.39, 0.29) is 23.0 Å². The molecule has 1 aromatic carbocycles. The molecule has 0 saturated heterocycles. The highest BCUT2D eigenvalue weighted by atomic mass is 35.5. The maximum atomic E-state index is 12.9. The van der Waals surface area contributed by atoms with E-state index in [4.69, 9.17) is 11.6 Å². The van der Waals surface area contributed by atoms with Crippen molar-refractivity contribution in [3.8, 4) is 0 Å². The van der Waals surface area contributed by atoms with Crippen molar-refractivity contribution in [1.82, 2.24) is 9.38 Å². The number of alkyl halides is 3. The highest BCUT2D eigenvalue weighted by Gasteiger charge is 2.31. The molecule has 1 N–H and O–H groups in total. The SMILES string of the molecule is CCc1ccc(NC(=O)Cc2cn3cc(C(F)(F)F)cc(Cl)c3n2)cc1. The predicted molar refractivity (Wildman–Crippen MR) is 93.4 cm³/mol. The first-order valence-corrected chi connectivity index (χ1v) is 8.27. The van der Waals surface area contributed by atoms with Gasteiger partial charge < -0.3 is 9.72 Å². The quantitative estimate of drug-likeness (QED) is 0.709. The van der Waals surface area contributed by atoms with Gasteiger partial charge in [0.05, 0.1) is 22.7 Å². The molecule has 0 aliphatic carbocycles. The Bertz CT molecular complexity index is 949. The van der Waals surface area contributed by atoms with E-state index in [2.05, 4.69) is 10.3 Å². The summed E-state index contributed by atoms with van der Waals surface area (Å²) in [7, 11) is 0. The number of nitrogens with zero attached hydrogens (tertiary/aromatic N) is 2. The molecule has 0 spiro atoms. The van der Waals surface area contributed by atoms with E-state index >= 15 is 0 Å². The fourth-order valence-electron chi connectivity index (χ4n) is 2.54. The molecule has 0 atom stereocenters. The van der Waals surface area contributed by atoms with Crippen molar-refractivity contribution in [3.63, 3.8) is 0 Å². The summed E-state index contributed by atoms with van der Waals surface area (Å²) in [6, 6.07) is 8.25. The number of carbonyl (C=O) groups is 1. The van der Waals surface area contributed by atoms with E-state index in [1.165, 1.54) is 10.6 Å². The van der Waals surface area contributed by atoms with Crippen LogP contribution in [0.25, 0.3) is 5.65 Å². The third-order valence-corrected chi connectivity index (χ3v) is 4.15. The molecule has 0 bridgehead atoms. The minimum absolute atomic E-state index is 0.0745. The van der Waals surface area contributed by atoms with Gasteiger partial charge in [-0.25, -0.2) is 4.98 Å². The van der Waals surface area contributed by atoms with Gasteiger partial charge in [-0.05, 0) is 30.2 Å². The number of imidazole rings is 1. The lowest BCUT2D eigenvalue weighted by molar-refractivity contribution is -0.137. The van der Waals surface area contributed by atoms with Gasteiger partial charge in [-0.15, -0.1) is 0 Å². The van der Waals surface area contributed by atoms with E-state index in [0.29, 0.717) is 11.4 Å². The zero-order valence-electron chi connectivity index (χ0n) is 13.8. The summed E-state index contributed by atoms with van der Waals surface area (Å²) >= 11 is 5.89. The number of hydrogen-bond donors (Lipinski definition) is 1. The van der Waals surface area contributed by atoms with Gasteiger partial charge in [0.2, 0.25) is 5.91 Å². The van der Waals surface area contributed by atoms with Gasteiger partial charge in [-0.2, -0.15) is 13.2 Å². The summed E-state index contributed by atoms with van der Waals surface area (Å²) in [6.07, 6.45) is -1.41. The van der Waals surface area contributed by atoms with Crippen molar-refractivity contribution in [1.29, 1.82) is 0 Å². The topological polar surface area (TPSA) is 46.4 Å². The summed E-state index contributed by atoms with van der Waals surface area (Å²) in [5.41, 5.74) is 1.43. The van der Waals surface area contributed by atoms with Crippen molar-refractivity contribution in [3.05, 3.63) is 64.6 Å². The highest BCUT2D eigenvalue weighted by Crippen LogP contribution is 2.32. The molecular formula is C18H15ClF3N3O. The average molecular weight is 382 g/mol. The Kier molecular flexibility index (Phi) is 4.91. The molecule has 0 saturated carbocycles. The number of halogens is 4. The number of amides is 1. The van der Waals surface area contributed by atoms with Crippen LogP contribution in [0.4, 0.5) is 18.9 Å². The van der Waals surface area contributed by atoms with Crippen molar-refractivity contribution < 1.29 is 18.0 Å². The minimum Gasteiger partial charge on any atom is -0.326 e. The molecule has 136 valence electrons. The van der Waals surface area contributed by atoms with Crippen LogP contribution in [0.3, 0.4) is 0 Å². The van der Waals surface area contributed by atoms with Crippen LogP contribution in [0.5, 0.6) is 0 Å². The van der Waals surface area contributed by atoms with Crippen LogP contribution in [0, 0.1) is 0 Å². The number of rotatable bonds is 4. The summed E-state index contributed by atoms with van der Waals surface area (Å²) in [5, 5.41) is 2.61. The fraction of sp³-hybridized carbons (Fsp3) is 0.222. The van der Waals surface area contributed by atoms with Crippen LogP contribution in [-0.2, 0) is 23.8 Å². The van der Waals surface area contributed by atoms with E-state index < -0.39 is 11.7 Å². The zero-order chi connectivity index (χ0) is 18.9. The normalized spacial score (nSPS) is 11.7. The minimum atomic E-state index is -4.51. The number of pyridine rings is 1. The molecule has 26 heavy (non-hydrogen) atoms. The van der Waals surface area contributed by atoms with Crippen LogP contribution < -0.4 is 5.32 Å². The lowest BCUT2D eigenvalue weighted by Gasteiger charge is -2.07. The molecule has 8 heteroatoms. The van der Waals surface area contributed by atoms with Crippen LogP contribution in [0.2, 0.25) is 5.02 Å². The van der Waals surface area contributed by atoms with Gasteiger partial charge in [0, 0.05) is 18.1 Å². The molecular weight excluding hydrogens is 367 g/mol. The number of nitrogens with one attached hydrogen (secondary N) is 1. The molecule has 4 nitrogen and oxygen atoms in total. The molecule has 0 radical (unpaired) electrons. The third-order valence-electron chi connectivity index (χ3n) is 3.87. The molecule has 0 fully saturated rings. The lowest BCUT2D eigenvalue weighted by Crippen LogP contribution is -2.14. The molecule has 1 amide bonds. The number of aryl methyl sites for hydroxylation is 1. The van der Waals surface area contributed by atoms with Crippen LogP contribution in [-0.4, -0.2) is 15.3 Å². The standard InChI is InChI=1S/C18H15ClF3N3O/c1-2-11-3-5-13(6-4-11)23-16(26)8-14-10-25-9-12(18(20,21)22)7-15(19)17(25)24-14/h3-7,9-10H,2,8H2,1H3,(H,23,26). The van der Waals surface area contributed by atoms with Crippen molar-refractivity contribution in [2.75, 3.05) is 5.32 Å². The average Bonchev–Trinajstić information content (AvgIpc) is 2.97. The monoisotopic (exact) mass is 381 g/mol. The number of benzene rings is 1. The Morgan fingerprint density at radius 3 is 2.54 bits per heavy atom. The van der Waals surface area contributed by atoms with Crippen LogP contribution in [0.1, 0.15) is 23.7 Å². The molecule has 2 aromatic heterocycles. The van der Waals surface area contributed by atoms with Crippen molar-refractivity contribution >= 4 is 28.8 Å². The Hall–Kier alpha value is -2.54. The highest BCUT2D eigenvalue weighted by molar-refractivity contribution is 6.33. The first kappa shape index (κ1) is 18.3. The summed E-state index contributed by atoms with van der Waals surface area (Å²) in [6.45, 7) is 2.03. The third kappa shape index (κ3) is 3.99. The van der Waals surface area contributed by atoms with Gasteiger partial charge in [-0.3, -0.25) is 4.79 Å². The second-order valence-corrected chi connectivity index (χ2v) is 6.22. The van der Waals surface area contributed by atoms with Crippen LogP contribution in [0.15, 0.2) is 42.7 Å². The van der Waals surface area contributed by atoms with Crippen LogP contribution >= 0.6 is 11.6 Å². The van der Waals surface area contributed by atoms with Gasteiger partial charge in [0.15, 0.2) is 5.65 Å². The Balaban J connectivity index is 1.77. The molecule has 3 rings (SSSR count). The lowest BCUT2D eigenvalue weighted by atomic mass is 10.1. The van der Waals surface area contributed by atoms with E-state index in [0.717, 1.165) is 24.2 Å². The van der Waals surface area contributed by atoms with E-state index in [1.807, 2.05) is 19.1 Å². The summed E-state index contributed by atoms with van der Waals surface area (Å²) in [4.78, 5) is 16.3. The second-order valence-electron chi connectivity index (χ2n) is 5.81. The zero-order valence-corrected chi connectivity index (χ0v) is 14.5. The second kappa shape index (κ2) is 6.99. The summed E-state index contributed by atoms with van der Waals surface area (Å²) in [5.74, 6) is -0.315. The molecule has 0 unspecified atom stereocenters. The number of aromatic nitrogens is 2. The number of fused-ring (bicyclic) bond motifs is 1. The molecule has 0 aliphatic rings. The summed E-state index contributed by atoms with van der Waals surface area (Å²) < 4.78 is 39.7. The predicted octanol–water partition coefficient (Wildman–Crippen LogP) is 4.75. The maximum absolute atomic E-state index is 12.9. The van der Waals surface area contributed by atoms with Gasteiger partial charge >= 0.3 is 6.18 Å². The fourth-order valence-corrected chi connectivity index (χ4v) is 2.80. The Labute approximate surface area is 152 Å².